The van der Waals surface area contributed by atoms with Crippen LogP contribution in [0.3, 0.4) is 0 Å². The Labute approximate surface area is 95.9 Å². The Kier molecular flexibility index (Phi) is 2.69. The topological polar surface area (TPSA) is 43.8 Å². The van der Waals surface area contributed by atoms with E-state index in [-0.39, 0.29) is 0 Å². The van der Waals surface area contributed by atoms with Gasteiger partial charge in [-0.25, -0.2) is 4.98 Å². The van der Waals surface area contributed by atoms with Crippen LogP contribution in [0, 0.1) is 13.8 Å². The van der Waals surface area contributed by atoms with E-state index in [2.05, 4.69) is 31.0 Å². The second-order valence-electron chi connectivity index (χ2n) is 3.95. The zero-order valence-electron chi connectivity index (χ0n) is 9.99. The molecule has 0 aliphatic heterocycles. The Balaban J connectivity index is 2.62. The number of aryl methyl sites for hydroxylation is 2. The van der Waals surface area contributed by atoms with Gasteiger partial charge < -0.3 is 10.3 Å². The number of imidazole rings is 1. The predicted octanol–water partition coefficient (Wildman–Crippen LogP) is 2.77. The van der Waals surface area contributed by atoms with E-state index in [1.54, 1.807) is 0 Å². The number of hydrogen-bond acceptors (Lipinski definition) is 2. The van der Waals surface area contributed by atoms with Crippen LogP contribution in [0.4, 0.5) is 5.82 Å². The van der Waals surface area contributed by atoms with Crippen molar-refractivity contribution < 1.29 is 0 Å². The summed E-state index contributed by atoms with van der Waals surface area (Å²) in [7, 11) is 0. The van der Waals surface area contributed by atoms with E-state index >= 15 is 0 Å². The van der Waals surface area contributed by atoms with Gasteiger partial charge in [-0.2, -0.15) is 0 Å². The molecule has 2 N–H and O–H groups in total. The molecule has 0 fully saturated rings. The zero-order valence-corrected chi connectivity index (χ0v) is 9.99. The average molecular weight is 215 g/mol. The van der Waals surface area contributed by atoms with Crippen molar-refractivity contribution in [3.05, 3.63) is 35.7 Å². The number of nitrogens with zero attached hydrogens (tertiary/aromatic N) is 2. The molecular formula is C13H17N3. The van der Waals surface area contributed by atoms with E-state index in [4.69, 9.17) is 5.73 Å². The summed E-state index contributed by atoms with van der Waals surface area (Å²) in [5.74, 6) is 1.73. The molecule has 0 unspecified atom stereocenters. The molecule has 0 atom stereocenters. The van der Waals surface area contributed by atoms with E-state index < -0.39 is 0 Å². The minimum Gasteiger partial charge on any atom is -0.383 e. The summed E-state index contributed by atoms with van der Waals surface area (Å²) < 4.78 is 2.03. The molecule has 84 valence electrons. The summed E-state index contributed by atoms with van der Waals surface area (Å²) in [5, 5.41) is 0. The summed E-state index contributed by atoms with van der Waals surface area (Å²) >= 11 is 0. The van der Waals surface area contributed by atoms with Gasteiger partial charge in [0.1, 0.15) is 17.3 Å². The molecule has 0 amide bonds. The van der Waals surface area contributed by atoms with Gasteiger partial charge in [-0.15, -0.1) is 0 Å². The first kappa shape index (κ1) is 10.7. The highest BCUT2D eigenvalue weighted by atomic mass is 15.1. The standard InChI is InChI=1S/C13H17N3/c1-4-16-10(3)15-12(13(16)14)11-8-6-5-7-9(11)2/h5-8H,4,14H2,1-3H3. The van der Waals surface area contributed by atoms with Gasteiger partial charge in [0.2, 0.25) is 0 Å². The largest absolute Gasteiger partial charge is 0.383 e. The van der Waals surface area contributed by atoms with Crippen molar-refractivity contribution in [2.24, 2.45) is 0 Å². The summed E-state index contributed by atoms with van der Waals surface area (Å²) in [6.45, 7) is 7.00. The smallest absolute Gasteiger partial charge is 0.131 e. The fourth-order valence-electron chi connectivity index (χ4n) is 2.02. The summed E-state index contributed by atoms with van der Waals surface area (Å²) in [6, 6.07) is 8.18. The van der Waals surface area contributed by atoms with Gasteiger partial charge in [0.25, 0.3) is 0 Å². The van der Waals surface area contributed by atoms with Crippen molar-refractivity contribution in [1.82, 2.24) is 9.55 Å². The van der Waals surface area contributed by atoms with Crippen molar-refractivity contribution in [1.29, 1.82) is 0 Å². The molecule has 0 bridgehead atoms. The molecule has 0 aliphatic carbocycles. The highest BCUT2D eigenvalue weighted by Crippen LogP contribution is 2.28. The Morgan fingerprint density at radius 2 is 1.94 bits per heavy atom. The van der Waals surface area contributed by atoms with Gasteiger partial charge in [0.05, 0.1) is 0 Å². The molecular weight excluding hydrogens is 198 g/mol. The van der Waals surface area contributed by atoms with Crippen molar-refractivity contribution in [3.8, 4) is 11.3 Å². The van der Waals surface area contributed by atoms with Crippen LogP contribution in [-0.4, -0.2) is 9.55 Å². The van der Waals surface area contributed by atoms with Crippen molar-refractivity contribution in [3.63, 3.8) is 0 Å². The quantitative estimate of drug-likeness (QED) is 0.837. The number of anilines is 1. The number of nitrogen functional groups attached to an aromatic ring is 1. The normalized spacial score (nSPS) is 10.7. The molecule has 0 saturated heterocycles. The van der Waals surface area contributed by atoms with Gasteiger partial charge >= 0.3 is 0 Å². The van der Waals surface area contributed by atoms with Crippen molar-refractivity contribution >= 4 is 5.82 Å². The van der Waals surface area contributed by atoms with E-state index in [0.29, 0.717) is 0 Å². The molecule has 2 rings (SSSR count). The van der Waals surface area contributed by atoms with Gasteiger partial charge in [-0.05, 0) is 26.3 Å². The number of benzene rings is 1. The molecule has 0 saturated carbocycles. The number of rotatable bonds is 2. The molecule has 0 radical (unpaired) electrons. The molecule has 0 aliphatic rings. The maximum absolute atomic E-state index is 6.12. The summed E-state index contributed by atoms with van der Waals surface area (Å²) in [5.41, 5.74) is 9.34. The summed E-state index contributed by atoms with van der Waals surface area (Å²) in [6.07, 6.45) is 0. The van der Waals surface area contributed by atoms with Crippen LogP contribution in [0.25, 0.3) is 11.3 Å². The fraction of sp³-hybridized carbons (Fsp3) is 0.308. The molecule has 16 heavy (non-hydrogen) atoms. The average Bonchev–Trinajstić information content (AvgIpc) is 2.55. The third-order valence-corrected chi connectivity index (χ3v) is 2.91. The first-order valence-corrected chi connectivity index (χ1v) is 5.53. The molecule has 2 aromatic rings. The third-order valence-electron chi connectivity index (χ3n) is 2.91. The SMILES string of the molecule is CCn1c(C)nc(-c2ccccc2C)c1N. The van der Waals surface area contributed by atoms with Crippen LogP contribution in [0.1, 0.15) is 18.3 Å². The van der Waals surface area contributed by atoms with Gasteiger partial charge in [0, 0.05) is 12.1 Å². The van der Waals surface area contributed by atoms with E-state index in [0.717, 1.165) is 29.4 Å². The first-order valence-electron chi connectivity index (χ1n) is 5.53. The van der Waals surface area contributed by atoms with E-state index in [9.17, 15) is 0 Å². The first-order chi connectivity index (χ1) is 7.65. The lowest BCUT2D eigenvalue weighted by molar-refractivity contribution is 0.739. The minimum absolute atomic E-state index is 0.759. The van der Waals surface area contributed by atoms with E-state index in [1.807, 2.05) is 23.6 Å². The highest BCUT2D eigenvalue weighted by Gasteiger charge is 2.13. The van der Waals surface area contributed by atoms with Crippen molar-refractivity contribution in [2.45, 2.75) is 27.3 Å². The lowest BCUT2D eigenvalue weighted by atomic mass is 10.1. The fourth-order valence-corrected chi connectivity index (χ4v) is 2.02. The van der Waals surface area contributed by atoms with Crippen LogP contribution >= 0.6 is 0 Å². The molecule has 1 aromatic heterocycles. The van der Waals surface area contributed by atoms with E-state index in [1.165, 1.54) is 5.56 Å². The maximum Gasteiger partial charge on any atom is 0.131 e. The Morgan fingerprint density at radius 3 is 2.50 bits per heavy atom. The lowest BCUT2D eigenvalue weighted by Gasteiger charge is -2.05. The number of aromatic nitrogens is 2. The Bertz CT molecular complexity index is 512. The third kappa shape index (κ3) is 1.58. The lowest BCUT2D eigenvalue weighted by Crippen LogP contribution is -2.02. The molecule has 1 heterocycles. The number of nitrogens with two attached hydrogens (primary N) is 1. The Morgan fingerprint density at radius 1 is 1.25 bits per heavy atom. The molecule has 3 heteroatoms. The maximum atomic E-state index is 6.12. The van der Waals surface area contributed by atoms with Crippen molar-refractivity contribution in [2.75, 3.05) is 5.73 Å². The minimum atomic E-state index is 0.759. The van der Waals surface area contributed by atoms with Crippen LogP contribution < -0.4 is 5.73 Å². The molecule has 1 aromatic carbocycles. The second-order valence-corrected chi connectivity index (χ2v) is 3.95. The Hall–Kier alpha value is -1.77. The predicted molar refractivity (Wildman–Crippen MR) is 67.2 cm³/mol. The van der Waals surface area contributed by atoms with Gasteiger partial charge in [0.15, 0.2) is 0 Å². The van der Waals surface area contributed by atoms with Crippen LogP contribution in [0.2, 0.25) is 0 Å². The second kappa shape index (κ2) is 4.00. The number of hydrogen-bond donors (Lipinski definition) is 1. The van der Waals surface area contributed by atoms with Gasteiger partial charge in [-0.3, -0.25) is 0 Å². The zero-order chi connectivity index (χ0) is 11.7. The summed E-state index contributed by atoms with van der Waals surface area (Å²) in [4.78, 5) is 4.55. The van der Waals surface area contributed by atoms with Gasteiger partial charge in [-0.1, -0.05) is 24.3 Å². The monoisotopic (exact) mass is 215 g/mol. The van der Waals surface area contributed by atoms with Crippen LogP contribution in [-0.2, 0) is 6.54 Å². The van der Waals surface area contributed by atoms with Crippen LogP contribution in [0.5, 0.6) is 0 Å². The van der Waals surface area contributed by atoms with Crippen LogP contribution in [0.15, 0.2) is 24.3 Å². The molecule has 3 nitrogen and oxygen atoms in total. The molecule has 0 spiro atoms. The highest BCUT2D eigenvalue weighted by molar-refractivity contribution is 5.73.